The van der Waals surface area contributed by atoms with E-state index >= 15 is 0 Å². The summed E-state index contributed by atoms with van der Waals surface area (Å²) in [5.41, 5.74) is 0. The van der Waals surface area contributed by atoms with E-state index in [4.69, 9.17) is 0 Å². The molecule has 1 aromatic carbocycles. The molecule has 0 unspecified atom stereocenters. The van der Waals surface area contributed by atoms with E-state index < -0.39 is 0 Å². The summed E-state index contributed by atoms with van der Waals surface area (Å²) in [5, 5.41) is 0. The zero-order valence-corrected chi connectivity index (χ0v) is 26.1. The van der Waals surface area contributed by atoms with Gasteiger partial charge < -0.3 is 0 Å². The van der Waals surface area contributed by atoms with Crippen molar-refractivity contribution in [2.45, 2.75) is 178 Å². The molecule has 0 aromatic heterocycles. The van der Waals surface area contributed by atoms with E-state index in [9.17, 15) is 0 Å². The molecule has 0 amide bonds. The molecule has 209 valence electrons. The highest BCUT2D eigenvalue weighted by molar-refractivity contribution is 8.00. The molecule has 1 radical (unpaired) electrons. The zero-order valence-electron chi connectivity index (χ0n) is 24.4. The van der Waals surface area contributed by atoms with Crippen LogP contribution in [0.15, 0.2) is 28.0 Å². The molecule has 0 aliphatic rings. The first-order valence-electron chi connectivity index (χ1n) is 16.1. The van der Waals surface area contributed by atoms with Crippen LogP contribution in [0.1, 0.15) is 168 Å². The number of hydrogen-bond acceptors (Lipinski definition) is 2. The third-order valence-corrected chi connectivity index (χ3v) is 9.39. The number of rotatable bonds is 28. The van der Waals surface area contributed by atoms with E-state index in [-0.39, 0.29) is 0 Å². The molecule has 0 saturated carbocycles. The van der Waals surface area contributed by atoms with Crippen LogP contribution in [0.5, 0.6) is 0 Å². The summed E-state index contributed by atoms with van der Waals surface area (Å²) < 4.78 is 0. The molecule has 1 aromatic rings. The van der Waals surface area contributed by atoms with Crippen molar-refractivity contribution in [1.82, 2.24) is 0 Å². The van der Waals surface area contributed by atoms with Crippen molar-refractivity contribution in [2.75, 3.05) is 11.5 Å². The predicted octanol–water partition coefficient (Wildman–Crippen LogP) is 13.1. The summed E-state index contributed by atoms with van der Waals surface area (Å²) in [6.45, 7) is 4.60. The Kier molecular flexibility index (Phi) is 26.3. The zero-order chi connectivity index (χ0) is 25.8. The van der Waals surface area contributed by atoms with E-state index in [0.717, 1.165) is 0 Å². The summed E-state index contributed by atoms with van der Waals surface area (Å²) >= 11 is 4.07. The molecule has 0 aliphatic heterocycles. The van der Waals surface area contributed by atoms with Gasteiger partial charge in [0.15, 0.2) is 0 Å². The number of benzene rings is 1. The molecule has 36 heavy (non-hydrogen) atoms. The Bertz CT molecular complexity index is 511. The fourth-order valence-electron chi connectivity index (χ4n) is 4.86. The molecule has 0 spiro atoms. The molecular weight excluding hydrogens is 473 g/mol. The average molecular weight is 534 g/mol. The van der Waals surface area contributed by atoms with Gasteiger partial charge in [-0.1, -0.05) is 155 Å². The Balaban J connectivity index is 1.89. The van der Waals surface area contributed by atoms with Gasteiger partial charge in [0.2, 0.25) is 0 Å². The van der Waals surface area contributed by atoms with Crippen LogP contribution < -0.4 is 0 Å². The molecular formula is C34H61S2. The Morgan fingerprint density at radius 3 is 1.00 bits per heavy atom. The first kappa shape index (κ1) is 33.9. The largest absolute Gasteiger partial charge is 0.126 e. The summed E-state index contributed by atoms with van der Waals surface area (Å²) in [5.74, 6) is 2.52. The first-order chi connectivity index (χ1) is 17.9. The second-order valence-corrected chi connectivity index (χ2v) is 13.2. The monoisotopic (exact) mass is 533 g/mol. The van der Waals surface area contributed by atoms with Gasteiger partial charge in [-0.25, -0.2) is 0 Å². The van der Waals surface area contributed by atoms with Gasteiger partial charge in [-0.15, -0.1) is 23.5 Å². The first-order valence-corrected chi connectivity index (χ1v) is 18.1. The third kappa shape index (κ3) is 23.1. The molecule has 0 saturated heterocycles. The van der Waals surface area contributed by atoms with Crippen molar-refractivity contribution in [3.63, 3.8) is 0 Å². The average Bonchev–Trinajstić information content (AvgIpc) is 2.90. The minimum atomic E-state index is 1.26. The summed E-state index contributed by atoms with van der Waals surface area (Å²) in [6.07, 6.45) is 34.3. The van der Waals surface area contributed by atoms with Crippen LogP contribution >= 0.6 is 23.5 Å². The van der Waals surface area contributed by atoms with Crippen LogP contribution in [0.25, 0.3) is 0 Å². The Morgan fingerprint density at radius 1 is 0.417 bits per heavy atom. The van der Waals surface area contributed by atoms with Gasteiger partial charge in [0.25, 0.3) is 0 Å². The van der Waals surface area contributed by atoms with Crippen LogP contribution in [-0.4, -0.2) is 11.5 Å². The van der Waals surface area contributed by atoms with Gasteiger partial charge in [0.05, 0.1) is 0 Å². The Hall–Kier alpha value is -0.0800. The predicted molar refractivity (Wildman–Crippen MR) is 169 cm³/mol. The lowest BCUT2D eigenvalue weighted by Crippen LogP contribution is -1.86. The third-order valence-electron chi connectivity index (χ3n) is 7.27. The van der Waals surface area contributed by atoms with Crippen molar-refractivity contribution >= 4 is 23.5 Å². The van der Waals surface area contributed by atoms with Gasteiger partial charge in [-0.2, -0.15) is 0 Å². The Labute approximate surface area is 236 Å². The van der Waals surface area contributed by atoms with Gasteiger partial charge in [-0.3, -0.25) is 0 Å². The van der Waals surface area contributed by atoms with E-state index in [1.807, 2.05) is 23.5 Å². The lowest BCUT2D eigenvalue weighted by Gasteiger charge is -2.06. The van der Waals surface area contributed by atoms with E-state index in [1.54, 1.807) is 0 Å². The number of hydrogen-bond donors (Lipinski definition) is 0. The minimum Gasteiger partial charge on any atom is -0.126 e. The molecule has 0 atom stereocenters. The van der Waals surface area contributed by atoms with Crippen LogP contribution in [0.2, 0.25) is 0 Å². The van der Waals surface area contributed by atoms with Crippen molar-refractivity contribution in [1.29, 1.82) is 0 Å². The summed E-state index contributed by atoms with van der Waals surface area (Å²) in [7, 11) is 0. The highest BCUT2D eigenvalue weighted by Gasteiger charge is 2.00. The Morgan fingerprint density at radius 2 is 0.694 bits per heavy atom. The lowest BCUT2D eigenvalue weighted by molar-refractivity contribution is 0.548. The van der Waals surface area contributed by atoms with Gasteiger partial charge in [0, 0.05) is 9.79 Å². The van der Waals surface area contributed by atoms with Crippen LogP contribution in [0, 0.1) is 6.07 Å². The summed E-state index contributed by atoms with van der Waals surface area (Å²) in [6, 6.07) is 10.1. The maximum absolute atomic E-state index is 3.38. The molecule has 0 N–H and O–H groups in total. The molecule has 0 bridgehead atoms. The van der Waals surface area contributed by atoms with E-state index in [0.29, 0.717) is 0 Å². The van der Waals surface area contributed by atoms with Crippen molar-refractivity contribution in [2.24, 2.45) is 0 Å². The number of thioether (sulfide) groups is 2. The minimum absolute atomic E-state index is 1.26. The topological polar surface area (TPSA) is 0 Å². The van der Waals surface area contributed by atoms with Gasteiger partial charge in [-0.05, 0) is 48.6 Å². The van der Waals surface area contributed by atoms with Gasteiger partial charge in [0.1, 0.15) is 0 Å². The maximum Gasteiger partial charge on any atom is 0.00892 e. The lowest BCUT2D eigenvalue weighted by atomic mass is 10.1. The molecule has 2 heteroatoms. The SMILES string of the molecule is CCCCCCCCCCCCCCSc1c[c]cc(SCCCCCCCCCCCCCC)c1. The molecule has 0 fully saturated rings. The van der Waals surface area contributed by atoms with Crippen molar-refractivity contribution in [3.8, 4) is 0 Å². The van der Waals surface area contributed by atoms with E-state index in [1.165, 1.54) is 175 Å². The maximum atomic E-state index is 3.38. The standard InChI is InChI=1S/C34H61S2/c1-3-5-7-9-11-13-15-17-19-21-23-25-30-35-33-28-27-29-34(32-33)36-31-26-24-22-20-18-16-14-12-10-8-6-4-2/h28-29,32H,3-26,30-31H2,1-2H3. The summed E-state index contributed by atoms with van der Waals surface area (Å²) in [4.78, 5) is 2.83. The van der Waals surface area contributed by atoms with Crippen molar-refractivity contribution < 1.29 is 0 Å². The quantitative estimate of drug-likeness (QED) is 0.0775. The fraction of sp³-hybridized carbons (Fsp3) is 0.824. The molecule has 0 aliphatic carbocycles. The van der Waals surface area contributed by atoms with Crippen LogP contribution in [0.3, 0.4) is 0 Å². The number of unbranched alkanes of at least 4 members (excludes halogenated alkanes) is 22. The van der Waals surface area contributed by atoms with Gasteiger partial charge >= 0.3 is 0 Å². The van der Waals surface area contributed by atoms with E-state index in [2.05, 4.69) is 38.1 Å². The molecule has 0 heterocycles. The highest BCUT2D eigenvalue weighted by Crippen LogP contribution is 2.27. The molecule has 0 nitrogen and oxygen atoms in total. The second-order valence-electron chi connectivity index (χ2n) is 10.9. The van der Waals surface area contributed by atoms with Crippen LogP contribution in [0.4, 0.5) is 0 Å². The highest BCUT2D eigenvalue weighted by atomic mass is 32.2. The fourth-order valence-corrected chi connectivity index (χ4v) is 6.83. The second kappa shape index (κ2) is 27.9. The molecule has 1 rings (SSSR count). The van der Waals surface area contributed by atoms with Crippen molar-refractivity contribution in [3.05, 3.63) is 24.3 Å². The smallest absolute Gasteiger partial charge is 0.00892 e. The normalized spacial score (nSPS) is 11.4. The van der Waals surface area contributed by atoms with Crippen LogP contribution in [-0.2, 0) is 0 Å².